The van der Waals surface area contributed by atoms with Crippen LogP contribution in [0.25, 0.3) is 11.4 Å². The highest BCUT2D eigenvalue weighted by molar-refractivity contribution is 7.80. The van der Waals surface area contributed by atoms with Crippen molar-refractivity contribution in [3.05, 3.63) is 81.4 Å². The summed E-state index contributed by atoms with van der Waals surface area (Å²) in [5.41, 5.74) is 5.96. The monoisotopic (exact) mass is 382 g/mol. The topological polar surface area (TPSA) is 85.5 Å². The maximum Gasteiger partial charge on any atom is 0.271 e. The van der Waals surface area contributed by atoms with E-state index in [0.29, 0.717) is 11.4 Å². The van der Waals surface area contributed by atoms with Crippen molar-refractivity contribution in [2.45, 2.75) is 0 Å². The lowest BCUT2D eigenvalue weighted by atomic mass is 10.2. The van der Waals surface area contributed by atoms with Crippen LogP contribution in [0.3, 0.4) is 0 Å². The molecule has 0 atom stereocenters. The average Bonchev–Trinajstić information content (AvgIpc) is 2.63. The van der Waals surface area contributed by atoms with Crippen LogP contribution in [0.2, 0.25) is 0 Å². The molecule has 8 heteroatoms. The molecular weight excluding hydrogens is 368 g/mol. The van der Waals surface area contributed by atoms with Gasteiger partial charge >= 0.3 is 0 Å². The number of nitrogens with two attached hydrogens (primary N) is 1. The Morgan fingerprint density at radius 1 is 1.00 bits per heavy atom. The maximum atomic E-state index is 13.0. The van der Waals surface area contributed by atoms with Crippen LogP contribution < -0.4 is 11.3 Å². The van der Waals surface area contributed by atoms with Crippen LogP contribution in [-0.2, 0) is 0 Å². The van der Waals surface area contributed by atoms with Crippen LogP contribution in [0.1, 0.15) is 5.56 Å². The lowest BCUT2D eigenvalue weighted by Crippen LogP contribution is -2.27. The minimum atomic E-state index is -0.522. The number of thiocarbonyl (C=S) groups is 1. The molecule has 26 heavy (non-hydrogen) atoms. The van der Waals surface area contributed by atoms with Crippen LogP contribution in [0.5, 0.6) is 5.88 Å². The smallest absolute Gasteiger partial charge is 0.271 e. The van der Waals surface area contributed by atoms with Gasteiger partial charge in [0.1, 0.15) is 5.56 Å². The van der Waals surface area contributed by atoms with Crippen LogP contribution in [-0.4, -0.2) is 25.6 Å². The van der Waals surface area contributed by atoms with Gasteiger partial charge in [-0.1, -0.05) is 36.4 Å². The molecule has 0 unspecified atom stereocenters. The highest BCUT2D eigenvalue weighted by Gasteiger charge is 2.17. The molecule has 3 aromatic rings. The molecule has 1 aromatic heterocycles. The SMILES string of the molecule is NC(=S)/N=C/c1c(O)n(-c2ccccc2)c(=S)n(-c2ccccc2)c1=O. The molecule has 0 bridgehead atoms. The second-order valence-corrected chi connectivity index (χ2v) is 6.05. The first-order chi connectivity index (χ1) is 12.5. The zero-order valence-electron chi connectivity index (χ0n) is 13.4. The van der Waals surface area contributed by atoms with Crippen molar-refractivity contribution in [2.24, 2.45) is 10.7 Å². The van der Waals surface area contributed by atoms with Crippen molar-refractivity contribution in [3.8, 4) is 17.3 Å². The fraction of sp³-hybridized carbons (Fsp3) is 0. The number of rotatable bonds is 3. The standard InChI is InChI=1S/C18H14N4O2S2/c19-17(25)20-11-14-15(23)21(12-7-3-1-4-8-12)18(26)22(16(14)24)13-9-5-2-6-10-13/h1-11,23H,(H2,19,25)/b20-11+. The first-order valence-corrected chi connectivity index (χ1v) is 8.37. The van der Waals surface area contributed by atoms with Gasteiger partial charge in [0.25, 0.3) is 5.56 Å². The third-order valence-corrected chi connectivity index (χ3v) is 4.09. The molecule has 3 N–H and O–H groups in total. The molecule has 0 saturated heterocycles. The molecule has 3 rings (SSSR count). The quantitative estimate of drug-likeness (QED) is 0.537. The van der Waals surface area contributed by atoms with Crippen LogP contribution in [0.4, 0.5) is 0 Å². The van der Waals surface area contributed by atoms with Gasteiger partial charge in [-0.2, -0.15) is 0 Å². The number of aromatic hydroxyl groups is 1. The van der Waals surface area contributed by atoms with E-state index in [4.69, 9.17) is 30.2 Å². The zero-order chi connectivity index (χ0) is 18.7. The maximum absolute atomic E-state index is 13.0. The minimum Gasteiger partial charge on any atom is -0.494 e. The lowest BCUT2D eigenvalue weighted by molar-refractivity contribution is 0.430. The first-order valence-electron chi connectivity index (χ1n) is 7.56. The Bertz CT molecular complexity index is 1100. The fourth-order valence-electron chi connectivity index (χ4n) is 2.47. The van der Waals surface area contributed by atoms with Crippen molar-refractivity contribution < 1.29 is 5.11 Å². The summed E-state index contributed by atoms with van der Waals surface area (Å²) in [6.07, 6.45) is 1.15. The third kappa shape index (κ3) is 3.32. The van der Waals surface area contributed by atoms with Gasteiger partial charge in [0.2, 0.25) is 5.88 Å². The molecule has 1 heterocycles. The molecule has 0 saturated carbocycles. The number of para-hydroxylation sites is 2. The largest absolute Gasteiger partial charge is 0.494 e. The molecule has 2 aromatic carbocycles. The molecule has 0 spiro atoms. The molecule has 0 amide bonds. The fourth-order valence-corrected chi connectivity index (χ4v) is 2.90. The first kappa shape index (κ1) is 17.7. The van der Waals surface area contributed by atoms with E-state index in [1.54, 1.807) is 48.5 Å². The molecule has 0 aliphatic carbocycles. The zero-order valence-corrected chi connectivity index (χ0v) is 15.1. The second kappa shape index (κ2) is 7.42. The number of nitrogens with zero attached hydrogens (tertiary/aromatic N) is 3. The number of aliphatic imine (C=N–C) groups is 1. The van der Waals surface area contributed by atoms with E-state index >= 15 is 0 Å². The van der Waals surface area contributed by atoms with E-state index in [1.165, 1.54) is 9.13 Å². The number of benzene rings is 2. The van der Waals surface area contributed by atoms with Crippen molar-refractivity contribution in [2.75, 3.05) is 0 Å². The summed E-state index contributed by atoms with van der Waals surface area (Å²) >= 11 is 10.2. The Labute approximate surface area is 159 Å². The molecule has 0 fully saturated rings. The summed E-state index contributed by atoms with van der Waals surface area (Å²) < 4.78 is 2.84. The van der Waals surface area contributed by atoms with Crippen molar-refractivity contribution in [1.82, 2.24) is 9.13 Å². The van der Waals surface area contributed by atoms with Gasteiger partial charge in [0.05, 0.1) is 11.4 Å². The Kier molecular flexibility index (Phi) is 5.06. The van der Waals surface area contributed by atoms with E-state index < -0.39 is 5.56 Å². The van der Waals surface area contributed by atoms with Gasteiger partial charge in [-0.15, -0.1) is 0 Å². The van der Waals surface area contributed by atoms with Crippen LogP contribution >= 0.6 is 24.4 Å². The summed E-state index contributed by atoms with van der Waals surface area (Å²) in [5, 5.41) is 10.5. The number of aromatic nitrogens is 2. The van der Waals surface area contributed by atoms with Gasteiger partial charge in [0, 0.05) is 6.21 Å². The van der Waals surface area contributed by atoms with Crippen LogP contribution in [0, 0.1) is 4.77 Å². The molecule has 6 nitrogen and oxygen atoms in total. The van der Waals surface area contributed by atoms with Gasteiger partial charge < -0.3 is 10.8 Å². The Hall–Kier alpha value is -3.10. The van der Waals surface area contributed by atoms with Crippen LogP contribution in [0.15, 0.2) is 70.5 Å². The van der Waals surface area contributed by atoms with E-state index in [1.807, 2.05) is 12.1 Å². The molecule has 130 valence electrons. The Morgan fingerprint density at radius 2 is 1.50 bits per heavy atom. The van der Waals surface area contributed by atoms with Crippen molar-refractivity contribution >= 4 is 35.8 Å². The molecule has 0 radical (unpaired) electrons. The molecule has 0 aliphatic rings. The summed E-state index contributed by atoms with van der Waals surface area (Å²) in [5.74, 6) is -0.335. The minimum absolute atomic E-state index is 0.0703. The van der Waals surface area contributed by atoms with Crippen molar-refractivity contribution in [3.63, 3.8) is 0 Å². The lowest BCUT2D eigenvalue weighted by Gasteiger charge is -2.16. The Morgan fingerprint density at radius 3 is 2.00 bits per heavy atom. The highest BCUT2D eigenvalue weighted by atomic mass is 32.1. The van der Waals surface area contributed by atoms with Gasteiger partial charge in [-0.3, -0.25) is 13.9 Å². The van der Waals surface area contributed by atoms with E-state index in [-0.39, 0.29) is 21.3 Å². The molecule has 0 aliphatic heterocycles. The summed E-state index contributed by atoms with van der Waals surface area (Å²) in [6, 6.07) is 17.9. The van der Waals surface area contributed by atoms with Crippen molar-refractivity contribution in [1.29, 1.82) is 0 Å². The third-order valence-electron chi connectivity index (χ3n) is 3.62. The summed E-state index contributed by atoms with van der Waals surface area (Å²) in [4.78, 5) is 16.7. The average molecular weight is 382 g/mol. The molecular formula is C18H14N4O2S2. The number of hydrogen-bond donors (Lipinski definition) is 2. The number of hydrogen-bond acceptors (Lipinski definition) is 4. The van der Waals surface area contributed by atoms with E-state index in [0.717, 1.165) is 6.21 Å². The van der Waals surface area contributed by atoms with E-state index in [2.05, 4.69) is 4.99 Å². The normalized spacial score (nSPS) is 10.9. The summed E-state index contributed by atoms with van der Waals surface area (Å²) in [7, 11) is 0. The highest BCUT2D eigenvalue weighted by Crippen LogP contribution is 2.21. The van der Waals surface area contributed by atoms with E-state index in [9.17, 15) is 9.90 Å². The van der Waals surface area contributed by atoms with Gasteiger partial charge in [-0.25, -0.2) is 4.99 Å². The van der Waals surface area contributed by atoms with Gasteiger partial charge in [0.15, 0.2) is 9.88 Å². The summed E-state index contributed by atoms with van der Waals surface area (Å²) in [6.45, 7) is 0. The second-order valence-electron chi connectivity index (χ2n) is 5.26. The predicted molar refractivity (Wildman–Crippen MR) is 108 cm³/mol. The predicted octanol–water partition coefficient (Wildman–Crippen LogP) is 2.73. The Balaban J connectivity index is 2.43. The van der Waals surface area contributed by atoms with Gasteiger partial charge in [-0.05, 0) is 48.7 Å².